The van der Waals surface area contributed by atoms with Gasteiger partial charge < -0.3 is 15.0 Å². The largest absolute Gasteiger partial charge is 0.444 e. The maximum Gasteiger partial charge on any atom is 0.407 e. The van der Waals surface area contributed by atoms with Crippen LogP contribution in [0.2, 0.25) is 0 Å². The topological polar surface area (TPSA) is 58.6 Å². The highest BCUT2D eigenvalue weighted by Crippen LogP contribution is 2.34. The molecule has 1 aliphatic carbocycles. The number of nitrogens with zero attached hydrogens (tertiary/aromatic N) is 1. The summed E-state index contributed by atoms with van der Waals surface area (Å²) >= 11 is 0. The quantitative estimate of drug-likeness (QED) is 0.813. The third-order valence-electron chi connectivity index (χ3n) is 4.56. The minimum Gasteiger partial charge on any atom is -0.444 e. The molecule has 0 radical (unpaired) electrons. The van der Waals surface area contributed by atoms with Gasteiger partial charge in [-0.15, -0.1) is 0 Å². The van der Waals surface area contributed by atoms with E-state index in [1.54, 1.807) is 0 Å². The van der Waals surface area contributed by atoms with Crippen LogP contribution >= 0.6 is 0 Å². The van der Waals surface area contributed by atoms with Gasteiger partial charge in [0.25, 0.3) is 0 Å². The van der Waals surface area contributed by atoms with Crippen LogP contribution in [0.4, 0.5) is 4.79 Å². The number of ether oxygens (including phenoxy) is 1. The summed E-state index contributed by atoms with van der Waals surface area (Å²) in [4.78, 5) is 26.6. The Kier molecular flexibility index (Phi) is 5.07. The Hall–Kier alpha value is -1.52. The molecule has 0 saturated carbocycles. The first-order valence-corrected chi connectivity index (χ1v) is 8.50. The molecule has 2 amide bonds. The normalized spacial score (nSPS) is 24.3. The number of carbonyl (C=O) groups excluding carboxylic acids is 2. The Morgan fingerprint density at radius 1 is 1.09 bits per heavy atom. The van der Waals surface area contributed by atoms with E-state index in [4.69, 9.17) is 4.74 Å². The third-order valence-corrected chi connectivity index (χ3v) is 4.56. The second-order valence-electron chi connectivity index (χ2n) is 8.41. The highest BCUT2D eigenvalue weighted by molar-refractivity contribution is 5.83. The molecule has 0 aromatic heterocycles. The fourth-order valence-corrected chi connectivity index (χ4v) is 3.29. The number of likely N-dealkylation sites (tertiary alicyclic amines) is 1. The van der Waals surface area contributed by atoms with Crippen LogP contribution < -0.4 is 5.32 Å². The number of hydrogen-bond donors (Lipinski definition) is 1. The molecule has 2 aliphatic rings. The van der Waals surface area contributed by atoms with Crippen LogP contribution in [-0.2, 0) is 9.53 Å². The Morgan fingerprint density at radius 3 is 2.09 bits per heavy atom. The van der Waals surface area contributed by atoms with Crippen LogP contribution in [-0.4, -0.2) is 42.1 Å². The molecule has 1 heterocycles. The lowest BCUT2D eigenvalue weighted by Gasteiger charge is -2.30. The SMILES string of the molecule is CC(C)(C)OC(=O)NCC(C)(C)C(=O)N1C[C@@H]2CC=CC[C@H]2C1. The van der Waals surface area contributed by atoms with Crippen molar-refractivity contribution in [1.29, 1.82) is 0 Å². The molecule has 0 unspecified atom stereocenters. The van der Waals surface area contributed by atoms with Gasteiger partial charge in [-0.1, -0.05) is 12.2 Å². The summed E-state index contributed by atoms with van der Waals surface area (Å²) in [7, 11) is 0. The first kappa shape index (κ1) is 17.8. The standard InChI is InChI=1S/C18H30N2O3/c1-17(2,3)23-16(22)19-12-18(4,5)15(21)20-10-13-8-6-7-9-14(13)11-20/h6-7,13-14H,8-12H2,1-5H3,(H,19,22)/t13-,14-/m0/s1. The molecule has 130 valence electrons. The van der Waals surface area contributed by atoms with Gasteiger partial charge >= 0.3 is 6.09 Å². The highest BCUT2D eigenvalue weighted by Gasteiger charge is 2.40. The van der Waals surface area contributed by atoms with E-state index in [-0.39, 0.29) is 12.5 Å². The van der Waals surface area contributed by atoms with Gasteiger partial charge in [-0.05, 0) is 59.3 Å². The van der Waals surface area contributed by atoms with E-state index in [0.717, 1.165) is 25.9 Å². The molecule has 0 aromatic rings. The van der Waals surface area contributed by atoms with Crippen molar-refractivity contribution in [3.05, 3.63) is 12.2 Å². The summed E-state index contributed by atoms with van der Waals surface area (Å²) in [6.45, 7) is 11.2. The molecule has 1 N–H and O–H groups in total. The van der Waals surface area contributed by atoms with E-state index in [1.807, 2.05) is 39.5 Å². The first-order valence-electron chi connectivity index (χ1n) is 8.50. The van der Waals surface area contributed by atoms with Crippen molar-refractivity contribution in [2.24, 2.45) is 17.3 Å². The van der Waals surface area contributed by atoms with Gasteiger partial charge in [-0.3, -0.25) is 4.79 Å². The lowest BCUT2D eigenvalue weighted by atomic mass is 9.86. The molecule has 0 aromatic carbocycles. The van der Waals surface area contributed by atoms with Crippen LogP contribution in [0.15, 0.2) is 12.2 Å². The molecular weight excluding hydrogens is 292 g/mol. The van der Waals surface area contributed by atoms with Gasteiger partial charge in [0.05, 0.1) is 5.41 Å². The van der Waals surface area contributed by atoms with Crippen molar-refractivity contribution >= 4 is 12.0 Å². The van der Waals surface area contributed by atoms with Gasteiger partial charge in [0.15, 0.2) is 0 Å². The Balaban J connectivity index is 1.87. The van der Waals surface area contributed by atoms with Crippen molar-refractivity contribution in [2.75, 3.05) is 19.6 Å². The maximum absolute atomic E-state index is 12.8. The van der Waals surface area contributed by atoms with Crippen molar-refractivity contribution in [2.45, 2.75) is 53.1 Å². The van der Waals surface area contributed by atoms with E-state index in [2.05, 4.69) is 17.5 Å². The lowest BCUT2D eigenvalue weighted by molar-refractivity contribution is -0.139. The number of carbonyl (C=O) groups is 2. The fourth-order valence-electron chi connectivity index (χ4n) is 3.29. The minimum atomic E-state index is -0.627. The number of rotatable bonds is 3. The monoisotopic (exact) mass is 322 g/mol. The van der Waals surface area contributed by atoms with E-state index in [1.165, 1.54) is 0 Å². The maximum atomic E-state index is 12.8. The zero-order valence-corrected chi connectivity index (χ0v) is 15.0. The molecule has 2 atom stereocenters. The molecule has 23 heavy (non-hydrogen) atoms. The summed E-state index contributed by atoms with van der Waals surface area (Å²) in [6, 6.07) is 0. The molecule has 1 fully saturated rings. The van der Waals surface area contributed by atoms with Crippen LogP contribution in [0.5, 0.6) is 0 Å². The molecular formula is C18H30N2O3. The van der Waals surface area contributed by atoms with Crippen molar-refractivity contribution < 1.29 is 14.3 Å². The fraction of sp³-hybridized carbons (Fsp3) is 0.778. The molecule has 5 nitrogen and oxygen atoms in total. The van der Waals surface area contributed by atoms with Crippen molar-refractivity contribution in [3.8, 4) is 0 Å². The molecule has 0 spiro atoms. The van der Waals surface area contributed by atoms with Gasteiger partial charge in [0.1, 0.15) is 5.60 Å². The number of hydrogen-bond acceptors (Lipinski definition) is 3. The number of nitrogens with one attached hydrogen (secondary N) is 1. The molecule has 0 bridgehead atoms. The molecule has 1 aliphatic heterocycles. The van der Waals surface area contributed by atoms with E-state index < -0.39 is 17.1 Å². The Bertz CT molecular complexity index is 475. The number of amides is 2. The van der Waals surface area contributed by atoms with Crippen LogP contribution in [0.25, 0.3) is 0 Å². The summed E-state index contributed by atoms with van der Waals surface area (Å²) in [6.07, 6.45) is 6.13. The van der Waals surface area contributed by atoms with Gasteiger partial charge in [-0.2, -0.15) is 0 Å². The average molecular weight is 322 g/mol. The van der Waals surface area contributed by atoms with Gasteiger partial charge in [0.2, 0.25) is 5.91 Å². The highest BCUT2D eigenvalue weighted by atomic mass is 16.6. The second-order valence-corrected chi connectivity index (χ2v) is 8.41. The van der Waals surface area contributed by atoms with Crippen LogP contribution in [0.1, 0.15) is 47.5 Å². The van der Waals surface area contributed by atoms with E-state index in [9.17, 15) is 9.59 Å². The molecule has 1 saturated heterocycles. The van der Waals surface area contributed by atoms with E-state index in [0.29, 0.717) is 11.8 Å². The number of allylic oxidation sites excluding steroid dienone is 2. The number of fused-ring (bicyclic) bond motifs is 1. The third kappa shape index (κ3) is 4.72. The summed E-state index contributed by atoms with van der Waals surface area (Å²) in [5, 5.41) is 2.73. The van der Waals surface area contributed by atoms with Gasteiger partial charge in [-0.25, -0.2) is 4.79 Å². The average Bonchev–Trinajstić information content (AvgIpc) is 2.86. The van der Waals surface area contributed by atoms with Crippen molar-refractivity contribution in [3.63, 3.8) is 0 Å². The predicted molar refractivity (Wildman–Crippen MR) is 90.0 cm³/mol. The zero-order valence-electron chi connectivity index (χ0n) is 15.0. The number of alkyl carbamates (subject to hydrolysis) is 1. The summed E-state index contributed by atoms with van der Waals surface area (Å²) < 4.78 is 5.23. The zero-order chi connectivity index (χ0) is 17.3. The van der Waals surface area contributed by atoms with Crippen LogP contribution in [0, 0.1) is 17.3 Å². The smallest absolute Gasteiger partial charge is 0.407 e. The molecule has 2 rings (SSSR count). The van der Waals surface area contributed by atoms with Crippen molar-refractivity contribution in [1.82, 2.24) is 10.2 Å². The van der Waals surface area contributed by atoms with E-state index >= 15 is 0 Å². The Labute approximate surface area is 139 Å². The first-order chi connectivity index (χ1) is 10.6. The lowest BCUT2D eigenvalue weighted by Crippen LogP contribution is -2.47. The second kappa shape index (κ2) is 6.54. The minimum absolute atomic E-state index is 0.114. The van der Waals surface area contributed by atoms with Crippen LogP contribution in [0.3, 0.4) is 0 Å². The molecule has 5 heteroatoms. The summed E-state index contributed by atoms with van der Waals surface area (Å²) in [5.41, 5.74) is -1.16. The van der Waals surface area contributed by atoms with Gasteiger partial charge in [0, 0.05) is 19.6 Å². The predicted octanol–water partition coefficient (Wildman–Crippen LogP) is 2.96. The Morgan fingerprint density at radius 2 is 1.61 bits per heavy atom. The summed E-state index contributed by atoms with van der Waals surface area (Å²) in [5.74, 6) is 1.31.